The predicted octanol–water partition coefficient (Wildman–Crippen LogP) is 3.59. The molecule has 0 atom stereocenters. The van der Waals surface area contributed by atoms with Gasteiger partial charge in [0.2, 0.25) is 0 Å². The minimum atomic E-state index is -0.812. The number of rotatable bonds is 7. The minimum absolute atomic E-state index is 0.0305. The minimum Gasteiger partial charge on any atom is -0.462 e. The van der Waals surface area contributed by atoms with Crippen molar-refractivity contribution in [1.29, 1.82) is 0 Å². The van der Waals surface area contributed by atoms with Crippen LogP contribution in [0.25, 0.3) is 11.1 Å². The average Bonchev–Trinajstić information content (AvgIpc) is 2.68. The van der Waals surface area contributed by atoms with Crippen LogP contribution < -0.4 is 0 Å². The van der Waals surface area contributed by atoms with Crippen LogP contribution in [0.3, 0.4) is 0 Å². The SMILES string of the molecule is CCOC(=O)c1nc(C(=O)OCC)c(C(=O)OCC)c(-c2ccccc2)c1C. The maximum atomic E-state index is 12.7. The van der Waals surface area contributed by atoms with Crippen molar-refractivity contribution in [1.82, 2.24) is 4.98 Å². The van der Waals surface area contributed by atoms with Crippen molar-refractivity contribution < 1.29 is 28.6 Å². The summed E-state index contributed by atoms with van der Waals surface area (Å²) in [4.78, 5) is 41.9. The van der Waals surface area contributed by atoms with Crippen molar-refractivity contribution in [2.24, 2.45) is 0 Å². The first-order chi connectivity index (χ1) is 13.5. The quantitative estimate of drug-likeness (QED) is 0.531. The fourth-order valence-corrected chi connectivity index (χ4v) is 2.79. The van der Waals surface area contributed by atoms with Gasteiger partial charge in [0.25, 0.3) is 0 Å². The van der Waals surface area contributed by atoms with Gasteiger partial charge in [0.05, 0.1) is 19.8 Å². The van der Waals surface area contributed by atoms with E-state index >= 15 is 0 Å². The van der Waals surface area contributed by atoms with Gasteiger partial charge in [-0.25, -0.2) is 19.4 Å². The third kappa shape index (κ3) is 4.36. The van der Waals surface area contributed by atoms with Crippen LogP contribution in [0.4, 0.5) is 0 Å². The van der Waals surface area contributed by atoms with Gasteiger partial charge in [-0.05, 0) is 38.8 Å². The number of carbonyl (C=O) groups is 3. The molecule has 0 saturated heterocycles. The number of hydrogen-bond donors (Lipinski definition) is 0. The molecule has 7 heteroatoms. The lowest BCUT2D eigenvalue weighted by molar-refractivity contribution is 0.0468. The number of esters is 3. The number of pyridine rings is 1. The molecule has 0 unspecified atom stereocenters. The second-order valence-electron chi connectivity index (χ2n) is 5.71. The Morgan fingerprint density at radius 3 is 1.82 bits per heavy atom. The summed E-state index contributed by atoms with van der Waals surface area (Å²) in [5.74, 6) is -2.21. The number of carbonyl (C=O) groups excluding carboxylic acids is 3. The zero-order valence-corrected chi connectivity index (χ0v) is 16.4. The van der Waals surface area contributed by atoms with E-state index in [4.69, 9.17) is 14.2 Å². The molecule has 0 radical (unpaired) electrons. The lowest BCUT2D eigenvalue weighted by atomic mass is 9.92. The van der Waals surface area contributed by atoms with E-state index in [0.29, 0.717) is 16.7 Å². The Bertz CT molecular complexity index is 876. The fraction of sp³-hybridized carbons (Fsp3) is 0.333. The number of benzene rings is 1. The molecule has 7 nitrogen and oxygen atoms in total. The maximum absolute atomic E-state index is 12.7. The zero-order valence-electron chi connectivity index (χ0n) is 16.4. The molecule has 0 N–H and O–H groups in total. The average molecular weight is 385 g/mol. The highest BCUT2D eigenvalue weighted by molar-refractivity contribution is 6.09. The molecule has 0 spiro atoms. The van der Waals surface area contributed by atoms with Crippen LogP contribution in [0.2, 0.25) is 0 Å². The molecule has 0 amide bonds. The van der Waals surface area contributed by atoms with Gasteiger partial charge in [-0.2, -0.15) is 0 Å². The smallest absolute Gasteiger partial charge is 0.357 e. The van der Waals surface area contributed by atoms with Crippen molar-refractivity contribution in [3.63, 3.8) is 0 Å². The largest absolute Gasteiger partial charge is 0.462 e. The van der Waals surface area contributed by atoms with E-state index in [1.807, 2.05) is 6.07 Å². The van der Waals surface area contributed by atoms with Crippen molar-refractivity contribution in [3.8, 4) is 11.1 Å². The normalized spacial score (nSPS) is 10.3. The first kappa shape index (κ1) is 21.1. The fourth-order valence-electron chi connectivity index (χ4n) is 2.79. The molecule has 0 bridgehead atoms. The number of ether oxygens (including phenoxy) is 3. The summed E-state index contributed by atoms with van der Waals surface area (Å²) in [6.07, 6.45) is 0. The highest BCUT2D eigenvalue weighted by Crippen LogP contribution is 2.32. The van der Waals surface area contributed by atoms with Crippen molar-refractivity contribution in [3.05, 3.63) is 52.8 Å². The molecule has 1 aromatic heterocycles. The molecular formula is C21H23NO6. The molecule has 28 heavy (non-hydrogen) atoms. The molecule has 2 aromatic rings. The summed E-state index contributed by atoms with van der Waals surface area (Å²) in [5.41, 5.74) is 1.10. The van der Waals surface area contributed by atoms with Gasteiger partial charge < -0.3 is 14.2 Å². The van der Waals surface area contributed by atoms with Gasteiger partial charge in [-0.1, -0.05) is 30.3 Å². The first-order valence-corrected chi connectivity index (χ1v) is 9.07. The second kappa shape index (κ2) is 9.64. The molecule has 148 valence electrons. The van der Waals surface area contributed by atoms with Gasteiger partial charge >= 0.3 is 17.9 Å². The lowest BCUT2D eigenvalue weighted by Gasteiger charge is -2.18. The number of nitrogens with zero attached hydrogens (tertiary/aromatic N) is 1. The lowest BCUT2D eigenvalue weighted by Crippen LogP contribution is -2.22. The third-order valence-electron chi connectivity index (χ3n) is 3.92. The zero-order chi connectivity index (χ0) is 20.7. The van der Waals surface area contributed by atoms with Crippen LogP contribution in [0.15, 0.2) is 30.3 Å². The molecule has 0 aliphatic rings. The van der Waals surface area contributed by atoms with Gasteiger partial charge in [0.15, 0.2) is 11.4 Å². The van der Waals surface area contributed by atoms with E-state index in [0.717, 1.165) is 0 Å². The Kier molecular flexibility index (Phi) is 7.26. The van der Waals surface area contributed by atoms with Gasteiger partial charge in [0.1, 0.15) is 5.56 Å². The second-order valence-corrected chi connectivity index (χ2v) is 5.71. The molecule has 1 aromatic carbocycles. The predicted molar refractivity (Wildman–Crippen MR) is 102 cm³/mol. The molecule has 0 saturated carbocycles. The van der Waals surface area contributed by atoms with E-state index in [2.05, 4.69) is 4.98 Å². The van der Waals surface area contributed by atoms with E-state index in [1.165, 1.54) is 0 Å². The summed E-state index contributed by atoms with van der Waals surface area (Å²) in [6, 6.07) is 8.95. The summed E-state index contributed by atoms with van der Waals surface area (Å²) in [5, 5.41) is 0. The summed E-state index contributed by atoms with van der Waals surface area (Å²) >= 11 is 0. The van der Waals surface area contributed by atoms with Crippen LogP contribution in [0, 0.1) is 6.92 Å². The van der Waals surface area contributed by atoms with Gasteiger partial charge in [0, 0.05) is 5.56 Å². The van der Waals surface area contributed by atoms with Crippen molar-refractivity contribution in [2.45, 2.75) is 27.7 Å². The van der Waals surface area contributed by atoms with E-state index in [-0.39, 0.29) is 36.8 Å². The highest BCUT2D eigenvalue weighted by atomic mass is 16.5. The highest BCUT2D eigenvalue weighted by Gasteiger charge is 2.31. The van der Waals surface area contributed by atoms with Crippen LogP contribution >= 0.6 is 0 Å². The van der Waals surface area contributed by atoms with Gasteiger partial charge in [-0.15, -0.1) is 0 Å². The number of aromatic nitrogens is 1. The van der Waals surface area contributed by atoms with Crippen molar-refractivity contribution >= 4 is 17.9 Å². The topological polar surface area (TPSA) is 91.8 Å². The Morgan fingerprint density at radius 1 is 0.786 bits per heavy atom. The maximum Gasteiger partial charge on any atom is 0.357 e. The molecule has 2 rings (SSSR count). The molecule has 0 aliphatic heterocycles. The summed E-state index contributed by atoms with van der Waals surface area (Å²) in [6.45, 7) is 6.98. The van der Waals surface area contributed by atoms with Crippen LogP contribution in [0.1, 0.15) is 57.7 Å². The first-order valence-electron chi connectivity index (χ1n) is 9.07. The molecule has 0 aliphatic carbocycles. The van der Waals surface area contributed by atoms with E-state index in [1.54, 1.807) is 52.0 Å². The molecule has 1 heterocycles. The van der Waals surface area contributed by atoms with Crippen LogP contribution in [-0.4, -0.2) is 42.7 Å². The number of hydrogen-bond acceptors (Lipinski definition) is 7. The Labute approximate surface area is 163 Å². The van der Waals surface area contributed by atoms with E-state index < -0.39 is 17.9 Å². The monoisotopic (exact) mass is 385 g/mol. The van der Waals surface area contributed by atoms with E-state index in [9.17, 15) is 14.4 Å². The Balaban J connectivity index is 2.89. The summed E-state index contributed by atoms with van der Waals surface area (Å²) < 4.78 is 15.3. The molecular weight excluding hydrogens is 362 g/mol. The van der Waals surface area contributed by atoms with Crippen LogP contribution in [-0.2, 0) is 14.2 Å². The van der Waals surface area contributed by atoms with Crippen LogP contribution in [0.5, 0.6) is 0 Å². The summed E-state index contributed by atoms with van der Waals surface area (Å²) in [7, 11) is 0. The van der Waals surface area contributed by atoms with Crippen molar-refractivity contribution in [2.75, 3.05) is 19.8 Å². The third-order valence-corrected chi connectivity index (χ3v) is 3.92. The van der Waals surface area contributed by atoms with Gasteiger partial charge in [-0.3, -0.25) is 0 Å². The molecule has 0 fully saturated rings. The standard InChI is InChI=1S/C21H23NO6/c1-5-26-19(23)16-15(14-11-9-8-10-12-14)13(4)17(20(24)27-6-2)22-18(16)21(25)28-7-3/h8-12H,5-7H2,1-4H3. The Hall–Kier alpha value is -3.22. The Morgan fingerprint density at radius 2 is 1.29 bits per heavy atom.